The van der Waals surface area contributed by atoms with Crippen molar-refractivity contribution in [3.63, 3.8) is 0 Å². The fourth-order valence-corrected chi connectivity index (χ4v) is 3.44. The molecule has 0 saturated carbocycles. The smallest absolute Gasteiger partial charge is 0.252 e. The molecule has 106 valence electrons. The van der Waals surface area contributed by atoms with Crippen LogP contribution in [0.15, 0.2) is 40.6 Å². The van der Waals surface area contributed by atoms with Gasteiger partial charge in [0.1, 0.15) is 6.10 Å². The predicted octanol–water partition coefficient (Wildman–Crippen LogP) is 3.24. The number of thiophene rings is 1. The minimum Gasteiger partial charge on any atom is -0.386 e. The maximum atomic E-state index is 12.2. The van der Waals surface area contributed by atoms with Crippen LogP contribution in [0.2, 0.25) is 0 Å². The van der Waals surface area contributed by atoms with E-state index in [2.05, 4.69) is 5.32 Å². The zero-order chi connectivity index (χ0) is 14.5. The van der Waals surface area contributed by atoms with E-state index in [0.717, 1.165) is 15.3 Å². The van der Waals surface area contributed by atoms with E-state index in [0.29, 0.717) is 5.56 Å². The molecule has 20 heavy (non-hydrogen) atoms. The van der Waals surface area contributed by atoms with Crippen molar-refractivity contribution < 1.29 is 9.90 Å². The van der Waals surface area contributed by atoms with Crippen molar-refractivity contribution in [2.75, 3.05) is 12.8 Å². The van der Waals surface area contributed by atoms with E-state index in [1.807, 2.05) is 42.8 Å². The monoisotopic (exact) mass is 307 g/mol. The van der Waals surface area contributed by atoms with E-state index in [4.69, 9.17) is 0 Å². The summed E-state index contributed by atoms with van der Waals surface area (Å²) in [4.78, 5) is 14.0. The van der Waals surface area contributed by atoms with Gasteiger partial charge in [0, 0.05) is 16.3 Å². The molecule has 0 unspecified atom stereocenters. The van der Waals surface area contributed by atoms with E-state index >= 15 is 0 Å². The van der Waals surface area contributed by atoms with Gasteiger partial charge in [0.05, 0.1) is 5.56 Å². The first-order valence-electron chi connectivity index (χ1n) is 6.26. The number of hydrogen-bond donors (Lipinski definition) is 2. The van der Waals surface area contributed by atoms with Crippen LogP contribution in [0, 0.1) is 6.92 Å². The van der Waals surface area contributed by atoms with Crippen LogP contribution < -0.4 is 5.32 Å². The highest BCUT2D eigenvalue weighted by Gasteiger charge is 2.15. The lowest BCUT2D eigenvalue weighted by atomic mass is 10.2. The molecule has 5 heteroatoms. The second-order valence-electron chi connectivity index (χ2n) is 4.39. The van der Waals surface area contributed by atoms with Crippen molar-refractivity contribution in [3.05, 3.63) is 51.7 Å². The molecule has 0 bridgehead atoms. The molecule has 3 nitrogen and oxygen atoms in total. The van der Waals surface area contributed by atoms with Crippen LogP contribution in [0.1, 0.15) is 26.9 Å². The molecule has 0 saturated heterocycles. The Morgan fingerprint density at radius 1 is 1.40 bits per heavy atom. The molecule has 2 rings (SSSR count). The summed E-state index contributed by atoms with van der Waals surface area (Å²) in [5.41, 5.74) is 1.70. The van der Waals surface area contributed by atoms with Crippen molar-refractivity contribution in [3.8, 4) is 0 Å². The van der Waals surface area contributed by atoms with Crippen LogP contribution in [0.5, 0.6) is 0 Å². The number of aliphatic hydroxyl groups excluding tert-OH is 1. The van der Waals surface area contributed by atoms with E-state index in [9.17, 15) is 9.90 Å². The third-order valence-corrected chi connectivity index (χ3v) is 4.93. The number of amides is 1. The fraction of sp³-hybridized carbons (Fsp3) is 0.267. The summed E-state index contributed by atoms with van der Waals surface area (Å²) >= 11 is 3.04. The number of carbonyl (C=O) groups is 1. The van der Waals surface area contributed by atoms with Crippen molar-refractivity contribution in [1.29, 1.82) is 0 Å². The molecular weight excluding hydrogens is 290 g/mol. The van der Waals surface area contributed by atoms with Crippen molar-refractivity contribution in [2.24, 2.45) is 0 Å². The first-order valence-corrected chi connectivity index (χ1v) is 8.37. The Morgan fingerprint density at radius 3 is 2.80 bits per heavy atom. The minimum absolute atomic E-state index is 0.150. The Kier molecular flexibility index (Phi) is 5.23. The normalized spacial score (nSPS) is 12.2. The number of nitrogens with one attached hydrogen (secondary N) is 1. The molecule has 1 heterocycles. The second kappa shape index (κ2) is 6.92. The lowest BCUT2D eigenvalue weighted by molar-refractivity contribution is 0.0915. The van der Waals surface area contributed by atoms with Gasteiger partial charge in [-0.05, 0) is 42.3 Å². The average molecular weight is 307 g/mol. The lowest BCUT2D eigenvalue weighted by Gasteiger charge is -2.12. The van der Waals surface area contributed by atoms with Gasteiger partial charge in [0.2, 0.25) is 0 Å². The van der Waals surface area contributed by atoms with E-state index < -0.39 is 6.10 Å². The molecule has 2 N–H and O–H groups in total. The molecule has 1 aromatic heterocycles. The molecule has 0 radical (unpaired) electrons. The number of aryl methyl sites for hydroxylation is 1. The number of carbonyl (C=O) groups excluding carboxylic acids is 1. The van der Waals surface area contributed by atoms with Crippen molar-refractivity contribution in [1.82, 2.24) is 5.32 Å². The number of hydrogen-bond acceptors (Lipinski definition) is 4. The van der Waals surface area contributed by atoms with Crippen LogP contribution in [0.4, 0.5) is 0 Å². The lowest BCUT2D eigenvalue weighted by Crippen LogP contribution is -2.28. The second-order valence-corrected chi connectivity index (χ2v) is 6.19. The Labute approximate surface area is 127 Å². The molecule has 0 aliphatic heterocycles. The molecule has 1 amide bonds. The fourth-order valence-electron chi connectivity index (χ4n) is 1.94. The van der Waals surface area contributed by atoms with Gasteiger partial charge >= 0.3 is 0 Å². The standard InChI is InChI=1S/C15H17NO2S2/c1-10-7-8-20-14(10)12(17)9-16-15(18)11-5-3-4-6-13(11)19-2/h3-8,12,17H,9H2,1-2H3,(H,16,18)/t12-/m0/s1. The van der Waals surface area contributed by atoms with E-state index in [1.165, 1.54) is 23.1 Å². The minimum atomic E-state index is -0.652. The quantitative estimate of drug-likeness (QED) is 0.834. The van der Waals surface area contributed by atoms with Crippen molar-refractivity contribution >= 4 is 29.0 Å². The largest absolute Gasteiger partial charge is 0.386 e. The number of rotatable bonds is 5. The van der Waals surface area contributed by atoms with Gasteiger partial charge in [0.25, 0.3) is 5.91 Å². The Hall–Kier alpha value is -1.30. The number of benzene rings is 1. The van der Waals surface area contributed by atoms with E-state index in [1.54, 1.807) is 6.07 Å². The SMILES string of the molecule is CSc1ccccc1C(=O)NC[C@H](O)c1sccc1C. The average Bonchev–Trinajstić information content (AvgIpc) is 2.90. The highest BCUT2D eigenvalue weighted by Crippen LogP contribution is 2.24. The summed E-state index contributed by atoms with van der Waals surface area (Å²) in [5, 5.41) is 14.8. The topological polar surface area (TPSA) is 49.3 Å². The maximum Gasteiger partial charge on any atom is 0.252 e. The summed E-state index contributed by atoms with van der Waals surface area (Å²) in [5.74, 6) is -0.150. The van der Waals surface area contributed by atoms with Gasteiger partial charge < -0.3 is 10.4 Å². The van der Waals surface area contributed by atoms with Gasteiger partial charge in [-0.1, -0.05) is 12.1 Å². The number of thioether (sulfide) groups is 1. The van der Waals surface area contributed by atoms with Crippen molar-refractivity contribution in [2.45, 2.75) is 17.9 Å². The third kappa shape index (κ3) is 3.42. The Balaban J connectivity index is 2.00. The summed E-state index contributed by atoms with van der Waals surface area (Å²) in [6.07, 6.45) is 1.29. The first-order chi connectivity index (χ1) is 9.63. The molecule has 0 fully saturated rings. The zero-order valence-corrected chi connectivity index (χ0v) is 13.1. The predicted molar refractivity (Wildman–Crippen MR) is 84.6 cm³/mol. The Bertz CT molecular complexity index is 595. The summed E-state index contributed by atoms with van der Waals surface area (Å²) in [7, 11) is 0. The first kappa shape index (κ1) is 15.1. The molecular formula is C15H17NO2S2. The van der Waals surface area contributed by atoms with Crippen LogP contribution >= 0.6 is 23.1 Å². The van der Waals surface area contributed by atoms with Crippen LogP contribution in [-0.4, -0.2) is 23.8 Å². The summed E-state index contributed by atoms with van der Waals surface area (Å²) < 4.78 is 0. The zero-order valence-electron chi connectivity index (χ0n) is 11.4. The molecule has 0 aliphatic carbocycles. The van der Waals surface area contributed by atoms with Crippen LogP contribution in [0.3, 0.4) is 0 Å². The molecule has 2 aromatic rings. The van der Waals surface area contributed by atoms with E-state index in [-0.39, 0.29) is 12.5 Å². The highest BCUT2D eigenvalue weighted by atomic mass is 32.2. The molecule has 0 aliphatic rings. The highest BCUT2D eigenvalue weighted by molar-refractivity contribution is 7.98. The molecule has 1 aromatic carbocycles. The van der Waals surface area contributed by atoms with Crippen LogP contribution in [-0.2, 0) is 0 Å². The van der Waals surface area contributed by atoms with Crippen LogP contribution in [0.25, 0.3) is 0 Å². The summed E-state index contributed by atoms with van der Waals surface area (Å²) in [6, 6.07) is 9.43. The summed E-state index contributed by atoms with van der Waals surface area (Å²) in [6.45, 7) is 2.18. The Morgan fingerprint density at radius 2 is 2.15 bits per heavy atom. The maximum absolute atomic E-state index is 12.2. The molecule has 1 atom stereocenters. The number of aliphatic hydroxyl groups is 1. The third-order valence-electron chi connectivity index (χ3n) is 3.01. The van der Waals surface area contributed by atoms with Gasteiger partial charge in [-0.25, -0.2) is 0 Å². The van der Waals surface area contributed by atoms with Gasteiger partial charge in [0.15, 0.2) is 0 Å². The van der Waals surface area contributed by atoms with Gasteiger partial charge in [-0.2, -0.15) is 0 Å². The molecule has 0 spiro atoms. The van der Waals surface area contributed by atoms with Gasteiger partial charge in [-0.3, -0.25) is 4.79 Å². The van der Waals surface area contributed by atoms with Gasteiger partial charge in [-0.15, -0.1) is 23.1 Å².